The summed E-state index contributed by atoms with van der Waals surface area (Å²) in [4.78, 5) is 26.6. The van der Waals surface area contributed by atoms with Crippen LogP contribution >= 0.6 is 0 Å². The molecule has 0 unspecified atom stereocenters. The fourth-order valence-electron chi connectivity index (χ4n) is 2.40. The lowest BCUT2D eigenvalue weighted by molar-refractivity contribution is -0.124. The minimum Gasteiger partial charge on any atom is -0.459 e. The zero-order chi connectivity index (χ0) is 18.4. The standard InChI is InChI=1S/C19H25N3O3/c1-13(2)17(21-18(23)16-9-6-10-25-16)19(24)20-12-14-7-5-8-15(11-14)22(3)4/h5-11,13,17H,12H2,1-4H3,(H,20,24)(H,21,23)/t17-/m0/s1. The van der Waals surface area contributed by atoms with Gasteiger partial charge in [-0.25, -0.2) is 0 Å². The zero-order valence-corrected chi connectivity index (χ0v) is 15.1. The topological polar surface area (TPSA) is 74.6 Å². The molecule has 0 aliphatic heterocycles. The molecule has 0 spiro atoms. The van der Waals surface area contributed by atoms with Gasteiger partial charge >= 0.3 is 0 Å². The van der Waals surface area contributed by atoms with E-state index >= 15 is 0 Å². The van der Waals surface area contributed by atoms with Crippen molar-refractivity contribution < 1.29 is 14.0 Å². The van der Waals surface area contributed by atoms with Crippen LogP contribution in [0.15, 0.2) is 47.1 Å². The smallest absolute Gasteiger partial charge is 0.287 e. The largest absolute Gasteiger partial charge is 0.459 e. The molecule has 0 radical (unpaired) electrons. The van der Waals surface area contributed by atoms with Crippen LogP contribution in [0.1, 0.15) is 30.0 Å². The summed E-state index contributed by atoms with van der Waals surface area (Å²) in [6.45, 7) is 4.18. The summed E-state index contributed by atoms with van der Waals surface area (Å²) in [7, 11) is 3.94. The average molecular weight is 343 g/mol. The van der Waals surface area contributed by atoms with Crippen molar-refractivity contribution in [2.75, 3.05) is 19.0 Å². The average Bonchev–Trinajstić information content (AvgIpc) is 3.12. The minimum atomic E-state index is -0.630. The second kappa shape index (κ2) is 8.37. The Hall–Kier alpha value is -2.76. The SMILES string of the molecule is CC(C)[C@H](NC(=O)c1ccco1)C(=O)NCc1cccc(N(C)C)c1. The molecular formula is C19H25N3O3. The number of benzene rings is 1. The van der Waals surface area contributed by atoms with E-state index in [0.29, 0.717) is 6.54 Å². The van der Waals surface area contributed by atoms with E-state index in [1.165, 1.54) is 6.26 Å². The molecular weight excluding hydrogens is 318 g/mol. The zero-order valence-electron chi connectivity index (χ0n) is 15.1. The third-order valence-electron chi connectivity index (χ3n) is 3.87. The van der Waals surface area contributed by atoms with Gasteiger partial charge in [-0.3, -0.25) is 9.59 Å². The first-order valence-corrected chi connectivity index (χ1v) is 8.27. The van der Waals surface area contributed by atoms with E-state index in [1.807, 2.05) is 57.1 Å². The Kier molecular flexibility index (Phi) is 6.22. The van der Waals surface area contributed by atoms with Crippen molar-refractivity contribution in [2.45, 2.75) is 26.4 Å². The van der Waals surface area contributed by atoms with Gasteiger partial charge in [-0.2, -0.15) is 0 Å². The van der Waals surface area contributed by atoms with Crippen molar-refractivity contribution in [1.29, 1.82) is 0 Å². The molecule has 1 heterocycles. The second-order valence-electron chi connectivity index (χ2n) is 6.45. The first kappa shape index (κ1) is 18.6. The number of nitrogens with one attached hydrogen (secondary N) is 2. The van der Waals surface area contributed by atoms with Crippen molar-refractivity contribution >= 4 is 17.5 Å². The predicted octanol–water partition coefficient (Wildman–Crippen LogP) is 2.42. The Bertz CT molecular complexity index is 708. The molecule has 1 atom stereocenters. The summed E-state index contributed by atoms with van der Waals surface area (Å²) in [6, 6.07) is 10.5. The molecule has 1 aromatic carbocycles. The van der Waals surface area contributed by atoms with Crippen LogP contribution in [0.4, 0.5) is 5.69 Å². The summed E-state index contributed by atoms with van der Waals surface area (Å²) < 4.78 is 5.07. The van der Waals surface area contributed by atoms with E-state index in [9.17, 15) is 9.59 Å². The lowest BCUT2D eigenvalue weighted by Crippen LogP contribution is -2.49. The molecule has 0 aliphatic rings. The van der Waals surface area contributed by atoms with Crippen molar-refractivity contribution in [2.24, 2.45) is 5.92 Å². The maximum absolute atomic E-state index is 12.5. The fraction of sp³-hybridized carbons (Fsp3) is 0.368. The van der Waals surface area contributed by atoms with Gasteiger partial charge in [0.2, 0.25) is 5.91 Å². The summed E-state index contributed by atoms with van der Waals surface area (Å²) in [5.41, 5.74) is 2.07. The quantitative estimate of drug-likeness (QED) is 0.810. The molecule has 6 nitrogen and oxygen atoms in total. The molecule has 0 saturated heterocycles. The molecule has 0 bridgehead atoms. The maximum atomic E-state index is 12.5. The highest BCUT2D eigenvalue weighted by Gasteiger charge is 2.25. The Morgan fingerprint density at radius 3 is 2.52 bits per heavy atom. The summed E-state index contributed by atoms with van der Waals surface area (Å²) in [6.07, 6.45) is 1.43. The van der Waals surface area contributed by atoms with Crippen LogP contribution in [0.2, 0.25) is 0 Å². The summed E-state index contributed by atoms with van der Waals surface area (Å²) in [5, 5.41) is 5.63. The van der Waals surface area contributed by atoms with E-state index in [-0.39, 0.29) is 17.6 Å². The monoisotopic (exact) mass is 343 g/mol. The molecule has 0 aliphatic carbocycles. The van der Waals surface area contributed by atoms with Crippen LogP contribution in [-0.4, -0.2) is 32.0 Å². The van der Waals surface area contributed by atoms with Crippen molar-refractivity contribution in [3.05, 3.63) is 54.0 Å². The molecule has 0 fully saturated rings. The molecule has 25 heavy (non-hydrogen) atoms. The van der Waals surface area contributed by atoms with Gasteiger partial charge in [-0.05, 0) is 35.7 Å². The van der Waals surface area contributed by atoms with Gasteiger partial charge < -0.3 is 20.0 Å². The number of anilines is 1. The highest BCUT2D eigenvalue weighted by molar-refractivity contribution is 5.95. The number of hydrogen-bond acceptors (Lipinski definition) is 4. The van der Waals surface area contributed by atoms with E-state index < -0.39 is 11.9 Å². The van der Waals surface area contributed by atoms with Crippen LogP contribution in [0.25, 0.3) is 0 Å². The Morgan fingerprint density at radius 2 is 1.92 bits per heavy atom. The third kappa shape index (κ3) is 5.11. The highest BCUT2D eigenvalue weighted by Crippen LogP contribution is 2.13. The van der Waals surface area contributed by atoms with Crippen LogP contribution in [0, 0.1) is 5.92 Å². The van der Waals surface area contributed by atoms with Gasteiger partial charge in [-0.1, -0.05) is 26.0 Å². The number of nitrogens with zero attached hydrogens (tertiary/aromatic N) is 1. The van der Waals surface area contributed by atoms with Gasteiger partial charge in [0.15, 0.2) is 5.76 Å². The molecule has 2 amide bonds. The third-order valence-corrected chi connectivity index (χ3v) is 3.87. The minimum absolute atomic E-state index is 0.0491. The van der Waals surface area contributed by atoms with Gasteiger partial charge in [0.05, 0.1) is 6.26 Å². The number of hydrogen-bond donors (Lipinski definition) is 2. The number of rotatable bonds is 7. The molecule has 2 rings (SSSR count). The number of carbonyl (C=O) groups excluding carboxylic acids is 2. The molecule has 0 saturated carbocycles. The molecule has 2 N–H and O–H groups in total. The Balaban J connectivity index is 1.98. The lowest BCUT2D eigenvalue weighted by Gasteiger charge is -2.21. The number of furan rings is 1. The van der Waals surface area contributed by atoms with Gasteiger partial charge in [-0.15, -0.1) is 0 Å². The number of amides is 2. The molecule has 6 heteroatoms. The predicted molar refractivity (Wildman–Crippen MR) is 97.4 cm³/mol. The first-order chi connectivity index (χ1) is 11.9. The summed E-state index contributed by atoms with van der Waals surface area (Å²) >= 11 is 0. The fourth-order valence-corrected chi connectivity index (χ4v) is 2.40. The number of carbonyl (C=O) groups is 2. The Labute approximate surface area is 148 Å². The van der Waals surface area contributed by atoms with Crippen molar-refractivity contribution in [1.82, 2.24) is 10.6 Å². The van der Waals surface area contributed by atoms with Crippen molar-refractivity contribution in [3.63, 3.8) is 0 Å². The van der Waals surface area contributed by atoms with E-state index in [4.69, 9.17) is 4.42 Å². The first-order valence-electron chi connectivity index (χ1n) is 8.27. The van der Waals surface area contributed by atoms with Gasteiger partial charge in [0.1, 0.15) is 6.04 Å². The van der Waals surface area contributed by atoms with Crippen LogP contribution in [-0.2, 0) is 11.3 Å². The summed E-state index contributed by atoms with van der Waals surface area (Å²) in [5.74, 6) is -0.470. The van der Waals surface area contributed by atoms with E-state index in [2.05, 4.69) is 10.6 Å². The molecule has 1 aromatic heterocycles. The van der Waals surface area contributed by atoms with E-state index in [1.54, 1.807) is 12.1 Å². The van der Waals surface area contributed by atoms with Crippen LogP contribution < -0.4 is 15.5 Å². The second-order valence-corrected chi connectivity index (χ2v) is 6.45. The molecule has 134 valence electrons. The normalized spacial score (nSPS) is 11.9. The van der Waals surface area contributed by atoms with E-state index in [0.717, 1.165) is 11.3 Å². The van der Waals surface area contributed by atoms with Crippen LogP contribution in [0.3, 0.4) is 0 Å². The Morgan fingerprint density at radius 1 is 1.16 bits per heavy atom. The lowest BCUT2D eigenvalue weighted by atomic mass is 10.0. The van der Waals surface area contributed by atoms with Crippen molar-refractivity contribution in [3.8, 4) is 0 Å². The van der Waals surface area contributed by atoms with Crippen LogP contribution in [0.5, 0.6) is 0 Å². The highest BCUT2D eigenvalue weighted by atomic mass is 16.3. The van der Waals surface area contributed by atoms with Gasteiger partial charge in [0, 0.05) is 26.3 Å². The van der Waals surface area contributed by atoms with Gasteiger partial charge in [0.25, 0.3) is 5.91 Å². The maximum Gasteiger partial charge on any atom is 0.287 e. The molecule has 2 aromatic rings.